The molecule has 0 atom stereocenters. The third-order valence-electron chi connectivity index (χ3n) is 28.3. The van der Waals surface area contributed by atoms with E-state index in [2.05, 4.69) is 152 Å². The smallest absolute Gasteiger partial charge is 0.338 e. The SMILES string of the molecule is CCCCCCOC(=O)c1ccc(CCc2c(CCc3ccc(C(=O)OCCCCCC)cc3)c(CCc3ccc(C(=O)OCCCCCC)cc3)c3c(CCc4ccc(C(=O)OCCCCCC)cc4)c(CCc4ccc(C(=O)OCCCCCC)cc4)c(CCc4ccc(C(=O)OCCCCCC)cc4)c(CCc4ccc(C(=O)OCCCCCC)cc4)c3c2CCc2ccc(C(=O)OCCCCCC)cc2)cc1. The average molecular weight is 1990 g/mol. The first-order valence-electron chi connectivity index (χ1n) is 56.2. The van der Waals surface area contributed by atoms with E-state index in [0.29, 0.717) is 200 Å². The Balaban J connectivity index is 1.31. The molecular weight excluding hydrogens is 1820 g/mol. The van der Waals surface area contributed by atoms with Gasteiger partial charge in [-0.2, -0.15) is 0 Å². The summed E-state index contributed by atoms with van der Waals surface area (Å²) in [5.41, 5.74) is 21.7. The van der Waals surface area contributed by atoms with Gasteiger partial charge in [0.2, 0.25) is 0 Å². The molecule has 10 aromatic carbocycles. The van der Waals surface area contributed by atoms with Crippen LogP contribution in [0, 0.1) is 0 Å². The second-order valence-corrected chi connectivity index (χ2v) is 39.7. The number of fused-ring (bicyclic) bond motifs is 1. The summed E-state index contributed by atoms with van der Waals surface area (Å²) in [5.74, 6) is -2.84. The van der Waals surface area contributed by atoms with Crippen LogP contribution in [-0.4, -0.2) is 101 Å². The van der Waals surface area contributed by atoms with Crippen molar-refractivity contribution in [2.24, 2.45) is 0 Å². The molecule has 0 aliphatic heterocycles. The minimum atomic E-state index is -0.357. The number of carbonyl (C=O) groups is 8. The molecule has 0 aliphatic carbocycles. The lowest BCUT2D eigenvalue weighted by molar-refractivity contribution is 0.0488. The number of aryl methyl sites for hydroxylation is 12. The standard InChI is InChI=1S/C130H168O16/c1-9-17-25-33-89-139-123(131)105-65-41-97(42-66-105)57-81-113-114(82-58-98-43-67-106(68-44-98)124(132)140-90-34-26-18-10-2)118(86-62-102-51-75-110(76-52-102)128(136)144-94-38-30-22-14-6)122-120(88-64-104-55-79-112(80-56-104)130(138)146-96-40-32-24-16-8)116(84-60-100-47-71-108(72-48-100)126(134)142-92-36-28-20-12-4)115(83-59-99-45-69-107(70-46-99)125(133)141-91-35-27-19-11-3)119(87-63-103-53-77-111(78-54-103)129(137)145-95-39-31-23-15-7)121(122)117(113)85-61-101-49-73-109(74-50-101)127(135)143-93-37-29-21-13-5/h41-56,65-80H,9-40,57-64,81-96H2,1-8H3. The predicted octanol–water partition coefficient (Wildman–Crippen LogP) is 31.0. The second kappa shape index (κ2) is 67.2. The summed E-state index contributed by atoms with van der Waals surface area (Å²) in [6.07, 6.45) is 40.3. The van der Waals surface area contributed by atoms with Gasteiger partial charge >= 0.3 is 47.8 Å². The zero-order chi connectivity index (χ0) is 104. The first kappa shape index (κ1) is 116. The Morgan fingerprint density at radius 3 is 0.356 bits per heavy atom. The summed E-state index contributed by atoms with van der Waals surface area (Å²) < 4.78 is 47.4. The van der Waals surface area contributed by atoms with Crippen molar-refractivity contribution in [3.8, 4) is 0 Å². The van der Waals surface area contributed by atoms with Crippen molar-refractivity contribution in [3.05, 3.63) is 328 Å². The third kappa shape index (κ3) is 39.5. The van der Waals surface area contributed by atoms with E-state index < -0.39 is 0 Å². The normalized spacial score (nSPS) is 11.3. The molecule has 0 unspecified atom stereocenters. The average Bonchev–Trinajstić information content (AvgIpc) is 0.716. The number of hydrogen-bond donors (Lipinski definition) is 0. The van der Waals surface area contributed by atoms with E-state index in [1.54, 1.807) is 0 Å². The Morgan fingerprint density at radius 1 is 0.137 bits per heavy atom. The first-order chi connectivity index (χ1) is 71.5. The van der Waals surface area contributed by atoms with Gasteiger partial charge in [0.05, 0.1) is 97.4 Å². The molecule has 0 heterocycles. The second-order valence-electron chi connectivity index (χ2n) is 39.7. The van der Waals surface area contributed by atoms with Crippen LogP contribution in [-0.2, 0) is 141 Å². The van der Waals surface area contributed by atoms with Crippen molar-refractivity contribution in [3.63, 3.8) is 0 Å². The maximum absolute atomic E-state index is 14.0. The number of carbonyl (C=O) groups excluding carboxylic acids is 8. The van der Waals surface area contributed by atoms with Crippen molar-refractivity contribution < 1.29 is 76.3 Å². The molecule has 10 rings (SSSR count). The van der Waals surface area contributed by atoms with Gasteiger partial charge in [0.25, 0.3) is 0 Å². The molecule has 0 amide bonds. The van der Waals surface area contributed by atoms with Crippen LogP contribution in [0.25, 0.3) is 10.8 Å². The van der Waals surface area contributed by atoms with Crippen LogP contribution >= 0.6 is 0 Å². The molecule has 0 N–H and O–H groups in total. The minimum Gasteiger partial charge on any atom is -0.462 e. The van der Waals surface area contributed by atoms with E-state index in [9.17, 15) is 38.4 Å². The third-order valence-corrected chi connectivity index (χ3v) is 28.3. The van der Waals surface area contributed by atoms with Gasteiger partial charge in [-0.3, -0.25) is 0 Å². The molecule has 0 bridgehead atoms. The fraction of sp³-hybridized carbons (Fsp3) is 0.492. The number of unbranched alkanes of at least 4 members (excludes halogenated alkanes) is 24. The molecule has 0 spiro atoms. The van der Waals surface area contributed by atoms with Crippen molar-refractivity contribution in [1.29, 1.82) is 0 Å². The molecule has 16 heteroatoms. The lowest BCUT2D eigenvalue weighted by Gasteiger charge is -2.31. The zero-order valence-electron chi connectivity index (χ0n) is 89.6. The summed E-state index contributed by atoms with van der Waals surface area (Å²) in [6, 6.07) is 63.7. The van der Waals surface area contributed by atoms with Gasteiger partial charge in [-0.05, 0) is 351 Å². The highest BCUT2D eigenvalue weighted by Crippen LogP contribution is 2.45. The molecule has 0 saturated heterocycles. The van der Waals surface area contributed by atoms with E-state index in [0.717, 1.165) is 261 Å². The summed E-state index contributed by atoms with van der Waals surface area (Å²) in [4.78, 5) is 112. The highest BCUT2D eigenvalue weighted by molar-refractivity contribution is 6.00. The van der Waals surface area contributed by atoms with Gasteiger partial charge in [-0.1, -0.05) is 307 Å². The van der Waals surface area contributed by atoms with Crippen LogP contribution in [0.4, 0.5) is 0 Å². The Morgan fingerprint density at radius 2 is 0.247 bits per heavy atom. The maximum atomic E-state index is 14.0. The fourth-order valence-corrected chi connectivity index (χ4v) is 19.4. The molecule has 0 aliphatic rings. The van der Waals surface area contributed by atoms with E-state index in [1.807, 2.05) is 97.1 Å². The lowest BCUT2D eigenvalue weighted by atomic mass is 9.73. The van der Waals surface area contributed by atoms with Crippen LogP contribution in [0.15, 0.2) is 194 Å². The Bertz CT molecular complexity index is 4870. The van der Waals surface area contributed by atoms with Gasteiger partial charge in [-0.25, -0.2) is 38.4 Å². The number of rotatable bonds is 72. The molecule has 784 valence electrons. The highest BCUT2D eigenvalue weighted by Gasteiger charge is 2.30. The largest absolute Gasteiger partial charge is 0.462 e. The van der Waals surface area contributed by atoms with Crippen LogP contribution in [0.1, 0.15) is 433 Å². The number of ether oxygens (including phenoxy) is 8. The van der Waals surface area contributed by atoms with Crippen molar-refractivity contribution in [2.75, 3.05) is 52.9 Å². The van der Waals surface area contributed by atoms with Gasteiger partial charge in [0.15, 0.2) is 0 Å². The van der Waals surface area contributed by atoms with Gasteiger partial charge < -0.3 is 37.9 Å². The van der Waals surface area contributed by atoms with Crippen LogP contribution in [0.5, 0.6) is 0 Å². The van der Waals surface area contributed by atoms with Crippen LogP contribution in [0.3, 0.4) is 0 Å². The quantitative estimate of drug-likeness (QED) is 0.0197. The minimum absolute atomic E-state index is 0.341. The molecule has 16 nitrogen and oxygen atoms in total. The van der Waals surface area contributed by atoms with Gasteiger partial charge in [0.1, 0.15) is 0 Å². The topological polar surface area (TPSA) is 210 Å². The van der Waals surface area contributed by atoms with E-state index in [-0.39, 0.29) is 47.8 Å². The van der Waals surface area contributed by atoms with Crippen LogP contribution in [0.2, 0.25) is 0 Å². The van der Waals surface area contributed by atoms with Crippen molar-refractivity contribution in [1.82, 2.24) is 0 Å². The Labute approximate surface area is 873 Å². The fourth-order valence-electron chi connectivity index (χ4n) is 19.4. The summed E-state index contributed by atoms with van der Waals surface area (Å²) in [6.45, 7) is 20.1. The zero-order valence-corrected chi connectivity index (χ0v) is 89.6. The van der Waals surface area contributed by atoms with Gasteiger partial charge in [0, 0.05) is 0 Å². The van der Waals surface area contributed by atoms with E-state index in [1.165, 1.54) is 44.5 Å². The maximum Gasteiger partial charge on any atom is 0.338 e. The Hall–Kier alpha value is -11.8. The van der Waals surface area contributed by atoms with Gasteiger partial charge in [-0.15, -0.1) is 0 Å². The highest BCUT2D eigenvalue weighted by atomic mass is 16.6. The molecule has 146 heavy (non-hydrogen) atoms. The monoisotopic (exact) mass is 1990 g/mol. The van der Waals surface area contributed by atoms with Crippen molar-refractivity contribution >= 4 is 58.5 Å². The molecule has 0 aromatic heterocycles. The molecular formula is C130H168O16. The summed E-state index contributed by atoms with van der Waals surface area (Å²) in [7, 11) is 0. The molecule has 0 radical (unpaired) electrons. The van der Waals surface area contributed by atoms with E-state index >= 15 is 0 Å². The summed E-state index contributed by atoms with van der Waals surface area (Å²) in [5, 5.41) is 2.33. The molecule has 0 fully saturated rings. The number of benzene rings is 10. The molecule has 0 saturated carbocycles. The first-order valence-corrected chi connectivity index (χ1v) is 56.2. The van der Waals surface area contributed by atoms with Crippen molar-refractivity contribution in [2.45, 2.75) is 364 Å². The summed E-state index contributed by atoms with van der Waals surface area (Å²) >= 11 is 0. The molecule has 10 aromatic rings. The lowest BCUT2D eigenvalue weighted by Crippen LogP contribution is -2.18. The van der Waals surface area contributed by atoms with Crippen LogP contribution < -0.4 is 0 Å². The predicted molar refractivity (Wildman–Crippen MR) is 590 cm³/mol. The Kier molecular flexibility index (Phi) is 53.4. The number of hydrogen-bond acceptors (Lipinski definition) is 16. The number of esters is 8. The van der Waals surface area contributed by atoms with E-state index in [4.69, 9.17) is 37.9 Å².